The van der Waals surface area contributed by atoms with Crippen LogP contribution in [0.4, 0.5) is 5.69 Å². The molecule has 0 saturated carbocycles. The molecule has 0 spiro atoms. The lowest BCUT2D eigenvalue weighted by Gasteiger charge is -2.28. The molecule has 1 aromatic heterocycles. The second kappa shape index (κ2) is 10.8. The smallest absolute Gasteiger partial charge is 0.224 e. The molecule has 1 fully saturated rings. The van der Waals surface area contributed by atoms with Gasteiger partial charge in [0.2, 0.25) is 5.91 Å². The molecule has 1 saturated heterocycles. The Morgan fingerprint density at radius 3 is 2.74 bits per heavy atom. The maximum atomic E-state index is 11.5. The molecule has 176 valence electrons. The highest BCUT2D eigenvalue weighted by molar-refractivity contribution is 5.94. The molecule has 5 heteroatoms. The Bertz CT molecular complexity index is 1180. The molecule has 0 aliphatic carbocycles. The number of anilines is 1. The number of amides is 1. The van der Waals surface area contributed by atoms with Gasteiger partial charge in [-0.2, -0.15) is 0 Å². The van der Waals surface area contributed by atoms with Crippen molar-refractivity contribution >= 4 is 28.6 Å². The zero-order chi connectivity index (χ0) is 23.2. The molecule has 2 aliphatic rings. The highest BCUT2D eigenvalue weighted by atomic mass is 16.5. The maximum absolute atomic E-state index is 11.5. The van der Waals surface area contributed by atoms with Gasteiger partial charge < -0.3 is 15.0 Å². The van der Waals surface area contributed by atoms with Crippen LogP contribution in [-0.2, 0) is 11.2 Å². The fraction of sp³-hybridized carbons (Fsp3) is 0.379. The Hall–Kier alpha value is -3.18. The van der Waals surface area contributed by atoms with E-state index in [0.29, 0.717) is 6.42 Å². The van der Waals surface area contributed by atoms with Crippen LogP contribution in [0.15, 0.2) is 60.2 Å². The van der Waals surface area contributed by atoms with Crippen LogP contribution < -0.4 is 10.1 Å². The number of carbonyl (C=O) groups is 1. The lowest BCUT2D eigenvalue weighted by molar-refractivity contribution is -0.116. The normalized spacial score (nSPS) is 16.2. The van der Waals surface area contributed by atoms with E-state index in [0.717, 1.165) is 68.0 Å². The van der Waals surface area contributed by atoms with E-state index in [1.54, 1.807) is 0 Å². The van der Waals surface area contributed by atoms with Crippen molar-refractivity contribution in [2.24, 2.45) is 0 Å². The number of ether oxygens (including phenoxy) is 1. The number of piperidine rings is 1. The molecule has 2 aromatic carbocycles. The third-order valence-corrected chi connectivity index (χ3v) is 6.83. The second-order valence-corrected chi connectivity index (χ2v) is 9.35. The van der Waals surface area contributed by atoms with Gasteiger partial charge in [-0.05, 0) is 87.0 Å². The first-order valence-electron chi connectivity index (χ1n) is 12.6. The molecular formula is C29H33N3O2. The largest absolute Gasteiger partial charge is 0.494 e. The minimum absolute atomic E-state index is 0.101. The van der Waals surface area contributed by atoms with E-state index in [-0.39, 0.29) is 5.91 Å². The minimum atomic E-state index is 0.101. The number of unbranched alkanes of at least 4 members (excludes halogenated alkanes) is 2. The Morgan fingerprint density at radius 2 is 1.82 bits per heavy atom. The number of likely N-dealkylation sites (tertiary alicyclic amines) is 1. The lowest BCUT2D eigenvalue weighted by Crippen LogP contribution is -2.31. The SMILES string of the molecule is O=C1CCc2cc(OCCCCCN3CCC(=Cc4ccc5ccccc5n4)CC3)ccc2N1. The van der Waals surface area contributed by atoms with E-state index in [2.05, 4.69) is 52.7 Å². The van der Waals surface area contributed by atoms with Crippen molar-refractivity contribution in [1.29, 1.82) is 0 Å². The van der Waals surface area contributed by atoms with Gasteiger partial charge in [-0.1, -0.05) is 29.8 Å². The minimum Gasteiger partial charge on any atom is -0.494 e. The van der Waals surface area contributed by atoms with Crippen LogP contribution in [-0.4, -0.2) is 42.0 Å². The van der Waals surface area contributed by atoms with Gasteiger partial charge in [0.15, 0.2) is 0 Å². The quantitative estimate of drug-likeness (QED) is 0.433. The van der Waals surface area contributed by atoms with Crippen molar-refractivity contribution in [3.63, 3.8) is 0 Å². The van der Waals surface area contributed by atoms with Gasteiger partial charge >= 0.3 is 0 Å². The number of para-hydroxylation sites is 1. The van der Waals surface area contributed by atoms with Gasteiger partial charge in [-0.3, -0.25) is 4.79 Å². The number of aryl methyl sites for hydroxylation is 1. The topological polar surface area (TPSA) is 54.5 Å². The van der Waals surface area contributed by atoms with Crippen LogP contribution in [0.2, 0.25) is 0 Å². The number of aromatic nitrogens is 1. The third-order valence-electron chi connectivity index (χ3n) is 6.83. The number of hydrogen-bond acceptors (Lipinski definition) is 4. The van der Waals surface area contributed by atoms with E-state index < -0.39 is 0 Å². The third kappa shape index (κ3) is 5.84. The van der Waals surface area contributed by atoms with E-state index in [1.807, 2.05) is 18.2 Å². The van der Waals surface area contributed by atoms with Crippen molar-refractivity contribution in [3.05, 3.63) is 71.4 Å². The molecule has 2 aliphatic heterocycles. The first kappa shape index (κ1) is 22.6. The Morgan fingerprint density at radius 1 is 0.941 bits per heavy atom. The number of benzene rings is 2. The molecule has 34 heavy (non-hydrogen) atoms. The molecule has 0 atom stereocenters. The number of nitrogens with zero attached hydrogens (tertiary/aromatic N) is 2. The highest BCUT2D eigenvalue weighted by Gasteiger charge is 2.15. The summed E-state index contributed by atoms with van der Waals surface area (Å²) in [6.07, 6.45) is 9.38. The van der Waals surface area contributed by atoms with Crippen LogP contribution in [0.25, 0.3) is 17.0 Å². The van der Waals surface area contributed by atoms with Gasteiger partial charge in [0.05, 0.1) is 17.8 Å². The molecule has 0 bridgehead atoms. The number of nitrogens with one attached hydrogen (secondary N) is 1. The Labute approximate surface area is 201 Å². The number of fused-ring (bicyclic) bond motifs is 2. The summed E-state index contributed by atoms with van der Waals surface area (Å²) in [5, 5.41) is 4.11. The Kier molecular flexibility index (Phi) is 7.20. The van der Waals surface area contributed by atoms with Crippen LogP contribution in [0.5, 0.6) is 5.75 Å². The van der Waals surface area contributed by atoms with Crippen LogP contribution in [0.1, 0.15) is 49.8 Å². The first-order chi connectivity index (χ1) is 16.7. The molecule has 5 nitrogen and oxygen atoms in total. The second-order valence-electron chi connectivity index (χ2n) is 9.35. The summed E-state index contributed by atoms with van der Waals surface area (Å²) in [7, 11) is 0. The molecule has 1 N–H and O–H groups in total. The average molecular weight is 456 g/mol. The number of rotatable bonds is 8. The zero-order valence-corrected chi connectivity index (χ0v) is 19.8. The van der Waals surface area contributed by atoms with E-state index in [9.17, 15) is 4.79 Å². The summed E-state index contributed by atoms with van der Waals surface area (Å²) in [6.45, 7) is 4.19. The van der Waals surface area contributed by atoms with Crippen molar-refractivity contribution in [3.8, 4) is 5.75 Å². The van der Waals surface area contributed by atoms with Gasteiger partial charge in [-0.25, -0.2) is 4.98 Å². The summed E-state index contributed by atoms with van der Waals surface area (Å²) < 4.78 is 5.95. The van der Waals surface area contributed by atoms with Crippen LogP contribution in [0, 0.1) is 0 Å². The molecular weight excluding hydrogens is 422 g/mol. The first-order valence-corrected chi connectivity index (χ1v) is 12.6. The fourth-order valence-electron chi connectivity index (χ4n) is 4.83. The van der Waals surface area contributed by atoms with Crippen molar-refractivity contribution in [2.75, 3.05) is 31.6 Å². The number of pyridine rings is 1. The maximum Gasteiger partial charge on any atom is 0.224 e. The average Bonchev–Trinajstić information content (AvgIpc) is 2.87. The van der Waals surface area contributed by atoms with E-state index in [4.69, 9.17) is 9.72 Å². The van der Waals surface area contributed by atoms with E-state index >= 15 is 0 Å². The van der Waals surface area contributed by atoms with Crippen molar-refractivity contribution in [2.45, 2.75) is 44.9 Å². The van der Waals surface area contributed by atoms with Gasteiger partial charge in [0.1, 0.15) is 5.75 Å². The predicted molar refractivity (Wildman–Crippen MR) is 138 cm³/mol. The van der Waals surface area contributed by atoms with E-state index in [1.165, 1.54) is 35.9 Å². The van der Waals surface area contributed by atoms with Crippen LogP contribution >= 0.6 is 0 Å². The lowest BCUT2D eigenvalue weighted by atomic mass is 10.0. The zero-order valence-electron chi connectivity index (χ0n) is 19.8. The summed E-state index contributed by atoms with van der Waals surface area (Å²) in [6, 6.07) is 18.6. The van der Waals surface area contributed by atoms with Gasteiger partial charge in [0, 0.05) is 30.6 Å². The van der Waals surface area contributed by atoms with Crippen LogP contribution in [0.3, 0.4) is 0 Å². The molecule has 0 radical (unpaired) electrons. The predicted octanol–water partition coefficient (Wildman–Crippen LogP) is 5.85. The standard InChI is InChI=1S/C29H33N3O2/c33-29-13-9-24-21-26(11-12-28(24)31-29)34-19-5-1-4-16-32-17-14-22(15-18-32)20-25-10-8-23-6-2-3-7-27(23)30-25/h2-3,6-8,10-12,20-21H,1,4-5,9,13-19H2,(H,31,33). The summed E-state index contributed by atoms with van der Waals surface area (Å²) in [4.78, 5) is 18.9. The highest BCUT2D eigenvalue weighted by Crippen LogP contribution is 2.27. The molecule has 3 heterocycles. The molecule has 5 rings (SSSR count). The summed E-state index contributed by atoms with van der Waals surface area (Å²) in [5.74, 6) is 1.01. The van der Waals surface area contributed by atoms with Gasteiger partial charge in [0.25, 0.3) is 0 Å². The molecule has 1 amide bonds. The number of carbonyl (C=O) groups excluding carboxylic acids is 1. The molecule has 3 aromatic rings. The van der Waals surface area contributed by atoms with Crippen molar-refractivity contribution in [1.82, 2.24) is 9.88 Å². The summed E-state index contributed by atoms with van der Waals surface area (Å²) >= 11 is 0. The number of hydrogen-bond donors (Lipinski definition) is 1. The molecule has 0 unspecified atom stereocenters. The van der Waals surface area contributed by atoms with Gasteiger partial charge in [-0.15, -0.1) is 0 Å². The van der Waals surface area contributed by atoms with Crippen molar-refractivity contribution < 1.29 is 9.53 Å². The Balaban J connectivity index is 0.989. The summed E-state index contributed by atoms with van der Waals surface area (Å²) in [5.41, 5.74) is 5.75. The fourth-order valence-corrected chi connectivity index (χ4v) is 4.83. The monoisotopic (exact) mass is 455 g/mol.